The number of thioether (sulfide) groups is 1. The number of aryl methyl sites for hydroxylation is 1. The van der Waals surface area contributed by atoms with Gasteiger partial charge in [-0.3, -0.25) is 4.79 Å². The third kappa shape index (κ3) is 6.12. The molecule has 1 heterocycles. The smallest absolute Gasteiger partial charge is 0.246 e. The van der Waals surface area contributed by atoms with Crippen molar-refractivity contribution in [3.05, 3.63) is 65.0 Å². The number of nitrogens with zero attached hydrogens (tertiary/aromatic N) is 2. The monoisotopic (exact) mass is 401 g/mol. The highest BCUT2D eigenvalue weighted by atomic mass is 35.5. The van der Waals surface area contributed by atoms with Crippen molar-refractivity contribution < 1.29 is 9.32 Å². The van der Waals surface area contributed by atoms with Gasteiger partial charge in [0.15, 0.2) is 0 Å². The van der Waals surface area contributed by atoms with Gasteiger partial charge in [0.2, 0.25) is 17.6 Å². The predicted molar refractivity (Wildman–Crippen MR) is 108 cm³/mol. The first kappa shape index (κ1) is 19.5. The number of hydrogen-bond donors (Lipinski definition) is 1. The van der Waals surface area contributed by atoms with Crippen molar-refractivity contribution in [2.45, 2.75) is 31.2 Å². The quantitative estimate of drug-likeness (QED) is 0.430. The van der Waals surface area contributed by atoms with Gasteiger partial charge in [-0.2, -0.15) is 4.98 Å². The molecule has 3 aromatic rings. The van der Waals surface area contributed by atoms with Crippen molar-refractivity contribution in [2.75, 3.05) is 5.75 Å². The van der Waals surface area contributed by atoms with Crippen molar-refractivity contribution >= 4 is 29.3 Å². The molecule has 0 saturated heterocycles. The highest BCUT2D eigenvalue weighted by molar-refractivity contribution is 7.99. The Balaban J connectivity index is 1.38. The second-order valence-electron chi connectivity index (χ2n) is 6.06. The van der Waals surface area contributed by atoms with E-state index in [2.05, 4.69) is 15.5 Å². The van der Waals surface area contributed by atoms with E-state index in [4.69, 9.17) is 16.1 Å². The Labute approximate surface area is 167 Å². The first-order valence-electron chi connectivity index (χ1n) is 8.65. The summed E-state index contributed by atoms with van der Waals surface area (Å²) in [4.78, 5) is 17.4. The third-order valence-corrected chi connectivity index (χ3v) is 5.20. The van der Waals surface area contributed by atoms with Crippen LogP contribution in [0.5, 0.6) is 0 Å². The maximum Gasteiger partial charge on any atom is 0.246 e. The SMILES string of the molecule is Cc1ccc(-c2noc(CNC(=O)CCCSc3ccc(Cl)cc3)n2)cc1. The van der Waals surface area contributed by atoms with Crippen LogP contribution in [0.2, 0.25) is 5.02 Å². The Morgan fingerprint density at radius 2 is 1.89 bits per heavy atom. The first-order chi connectivity index (χ1) is 13.1. The fourth-order valence-corrected chi connectivity index (χ4v) is 3.34. The summed E-state index contributed by atoms with van der Waals surface area (Å²) in [6, 6.07) is 15.6. The Morgan fingerprint density at radius 1 is 1.15 bits per heavy atom. The molecular formula is C20H20ClN3O2S. The van der Waals surface area contributed by atoms with Crippen LogP contribution in [0, 0.1) is 6.92 Å². The van der Waals surface area contributed by atoms with E-state index >= 15 is 0 Å². The summed E-state index contributed by atoms with van der Waals surface area (Å²) in [5, 5.41) is 7.50. The van der Waals surface area contributed by atoms with Crippen LogP contribution in [-0.2, 0) is 11.3 Å². The summed E-state index contributed by atoms with van der Waals surface area (Å²) < 4.78 is 5.20. The van der Waals surface area contributed by atoms with Gasteiger partial charge in [-0.05, 0) is 43.4 Å². The molecule has 7 heteroatoms. The number of nitrogens with one attached hydrogen (secondary N) is 1. The zero-order chi connectivity index (χ0) is 19.1. The zero-order valence-corrected chi connectivity index (χ0v) is 16.5. The number of carbonyl (C=O) groups excluding carboxylic acids is 1. The molecule has 0 aliphatic rings. The zero-order valence-electron chi connectivity index (χ0n) is 14.9. The van der Waals surface area contributed by atoms with E-state index in [1.165, 1.54) is 5.56 Å². The number of amides is 1. The van der Waals surface area contributed by atoms with Gasteiger partial charge in [0.1, 0.15) is 0 Å². The largest absolute Gasteiger partial charge is 0.347 e. The molecule has 27 heavy (non-hydrogen) atoms. The van der Waals surface area contributed by atoms with Crippen molar-refractivity contribution in [1.29, 1.82) is 0 Å². The van der Waals surface area contributed by atoms with Crippen molar-refractivity contribution in [3.8, 4) is 11.4 Å². The average molecular weight is 402 g/mol. The molecule has 3 rings (SSSR count). The summed E-state index contributed by atoms with van der Waals surface area (Å²) in [7, 11) is 0. The number of halogens is 1. The minimum absolute atomic E-state index is 0.0261. The lowest BCUT2D eigenvalue weighted by molar-refractivity contribution is -0.121. The van der Waals surface area contributed by atoms with E-state index < -0.39 is 0 Å². The summed E-state index contributed by atoms with van der Waals surface area (Å²) >= 11 is 7.57. The normalized spacial score (nSPS) is 10.7. The minimum atomic E-state index is -0.0261. The van der Waals surface area contributed by atoms with Gasteiger partial charge >= 0.3 is 0 Å². The molecule has 1 N–H and O–H groups in total. The van der Waals surface area contributed by atoms with Gasteiger partial charge in [-0.1, -0.05) is 46.6 Å². The van der Waals surface area contributed by atoms with Crippen LogP contribution >= 0.6 is 23.4 Å². The molecule has 2 aromatic carbocycles. The molecule has 5 nitrogen and oxygen atoms in total. The number of hydrogen-bond acceptors (Lipinski definition) is 5. The van der Waals surface area contributed by atoms with Crippen molar-refractivity contribution in [1.82, 2.24) is 15.5 Å². The van der Waals surface area contributed by atoms with Gasteiger partial charge in [-0.15, -0.1) is 11.8 Å². The molecule has 0 saturated carbocycles. The van der Waals surface area contributed by atoms with Crippen LogP contribution in [0.25, 0.3) is 11.4 Å². The lowest BCUT2D eigenvalue weighted by Crippen LogP contribution is -2.22. The predicted octanol–water partition coefficient (Wildman–Crippen LogP) is 4.89. The maximum absolute atomic E-state index is 12.0. The second-order valence-corrected chi connectivity index (χ2v) is 7.67. The molecule has 140 valence electrons. The minimum Gasteiger partial charge on any atom is -0.347 e. The Bertz CT molecular complexity index is 879. The molecular weight excluding hydrogens is 382 g/mol. The van der Waals surface area contributed by atoms with E-state index in [1.807, 2.05) is 55.5 Å². The van der Waals surface area contributed by atoms with E-state index in [0.29, 0.717) is 18.1 Å². The summed E-state index contributed by atoms with van der Waals surface area (Å²) in [5.41, 5.74) is 2.06. The lowest BCUT2D eigenvalue weighted by Gasteiger charge is -2.03. The Hall–Kier alpha value is -2.31. The van der Waals surface area contributed by atoms with Gasteiger partial charge in [-0.25, -0.2) is 0 Å². The Morgan fingerprint density at radius 3 is 2.63 bits per heavy atom. The highest BCUT2D eigenvalue weighted by Crippen LogP contribution is 2.21. The number of rotatable bonds is 8. The van der Waals surface area contributed by atoms with Crippen LogP contribution in [0.3, 0.4) is 0 Å². The highest BCUT2D eigenvalue weighted by Gasteiger charge is 2.10. The molecule has 0 bridgehead atoms. The molecule has 0 unspecified atom stereocenters. The van der Waals surface area contributed by atoms with Crippen LogP contribution in [0.1, 0.15) is 24.3 Å². The number of carbonyl (C=O) groups is 1. The van der Waals surface area contributed by atoms with Crippen molar-refractivity contribution in [2.24, 2.45) is 0 Å². The summed E-state index contributed by atoms with van der Waals surface area (Å²) in [6.45, 7) is 2.26. The summed E-state index contributed by atoms with van der Waals surface area (Å²) in [6.07, 6.45) is 1.25. The fraction of sp³-hybridized carbons (Fsp3) is 0.250. The van der Waals surface area contributed by atoms with Gasteiger partial charge in [0.25, 0.3) is 0 Å². The molecule has 0 aliphatic carbocycles. The molecule has 1 amide bonds. The standard InChI is InChI=1S/C20H20ClN3O2S/c1-14-4-6-15(7-5-14)20-23-19(26-24-20)13-22-18(25)3-2-12-27-17-10-8-16(21)9-11-17/h4-11H,2-3,12-13H2,1H3,(H,22,25). The van der Waals surface area contributed by atoms with E-state index in [9.17, 15) is 4.79 Å². The topological polar surface area (TPSA) is 68.0 Å². The van der Waals surface area contributed by atoms with Gasteiger partial charge in [0.05, 0.1) is 6.54 Å². The molecule has 0 spiro atoms. The van der Waals surface area contributed by atoms with Crippen LogP contribution in [0.15, 0.2) is 57.9 Å². The summed E-state index contributed by atoms with van der Waals surface area (Å²) in [5.74, 6) is 1.77. The Kier molecular flexibility index (Phi) is 6.90. The molecule has 0 aliphatic heterocycles. The second kappa shape index (κ2) is 9.58. The lowest BCUT2D eigenvalue weighted by atomic mass is 10.1. The van der Waals surface area contributed by atoms with E-state index in [1.54, 1.807) is 11.8 Å². The van der Waals surface area contributed by atoms with Gasteiger partial charge < -0.3 is 9.84 Å². The average Bonchev–Trinajstić information content (AvgIpc) is 3.14. The van der Waals surface area contributed by atoms with Crippen LogP contribution in [-0.4, -0.2) is 21.8 Å². The van der Waals surface area contributed by atoms with E-state index in [-0.39, 0.29) is 12.5 Å². The van der Waals surface area contributed by atoms with Crippen LogP contribution < -0.4 is 5.32 Å². The molecule has 0 atom stereocenters. The molecule has 0 fully saturated rings. The third-order valence-electron chi connectivity index (χ3n) is 3.85. The number of aromatic nitrogens is 2. The maximum atomic E-state index is 12.0. The fourth-order valence-electron chi connectivity index (χ4n) is 2.36. The van der Waals surface area contributed by atoms with Crippen molar-refractivity contribution in [3.63, 3.8) is 0 Å². The van der Waals surface area contributed by atoms with Gasteiger partial charge in [0, 0.05) is 21.9 Å². The number of benzene rings is 2. The first-order valence-corrected chi connectivity index (χ1v) is 10.0. The molecule has 0 radical (unpaired) electrons. The van der Waals surface area contributed by atoms with E-state index in [0.717, 1.165) is 27.7 Å². The van der Waals surface area contributed by atoms with Crippen LogP contribution in [0.4, 0.5) is 0 Å². The molecule has 1 aromatic heterocycles.